The smallest absolute Gasteiger partial charge is 0.253 e. The summed E-state index contributed by atoms with van der Waals surface area (Å²) in [7, 11) is 3.88. The molecule has 0 saturated carbocycles. The minimum atomic E-state index is -0.206. The van der Waals surface area contributed by atoms with Crippen molar-refractivity contribution >= 4 is 29.0 Å². The van der Waals surface area contributed by atoms with E-state index in [-0.39, 0.29) is 23.8 Å². The number of amides is 2. The molecule has 4 heterocycles. The molecule has 6 rings (SSSR count). The van der Waals surface area contributed by atoms with E-state index in [0.29, 0.717) is 36.8 Å². The minimum Gasteiger partial charge on any atom is -0.349 e. The van der Waals surface area contributed by atoms with Crippen LogP contribution in [0.2, 0.25) is 0 Å². The van der Waals surface area contributed by atoms with Crippen LogP contribution in [0.25, 0.3) is 28.0 Å². The van der Waals surface area contributed by atoms with Crippen LogP contribution in [0.1, 0.15) is 17.3 Å². The number of likely N-dealkylation sites (tertiary alicyclic amines) is 1. The molecule has 0 radical (unpaired) electrons. The first-order valence-electron chi connectivity index (χ1n) is 15.0. The second kappa shape index (κ2) is 13.1. The lowest BCUT2D eigenvalue weighted by molar-refractivity contribution is -0.111. The fourth-order valence-electron chi connectivity index (χ4n) is 5.54. The summed E-state index contributed by atoms with van der Waals surface area (Å²) in [5, 5.41) is 11.2. The number of likely N-dealkylation sites (N-methyl/N-ethyl adjacent to an activating group) is 1. The molecule has 2 N–H and O–H groups in total. The van der Waals surface area contributed by atoms with Crippen LogP contribution >= 0.6 is 0 Å². The topological polar surface area (TPSA) is 108 Å². The van der Waals surface area contributed by atoms with Gasteiger partial charge in [-0.15, -0.1) is 0 Å². The lowest BCUT2D eigenvalue weighted by Gasteiger charge is -2.18. The number of carbonyl (C=O) groups excluding carboxylic acids is 2. The van der Waals surface area contributed by atoms with Gasteiger partial charge in [-0.3, -0.25) is 9.59 Å². The molecule has 2 atom stereocenters. The first-order chi connectivity index (χ1) is 21.9. The van der Waals surface area contributed by atoms with Crippen molar-refractivity contribution in [1.29, 1.82) is 0 Å². The summed E-state index contributed by atoms with van der Waals surface area (Å²) in [5.74, 6) is 0.434. The maximum Gasteiger partial charge on any atom is 0.253 e. The van der Waals surface area contributed by atoms with Crippen LogP contribution in [0.5, 0.6) is 0 Å². The molecule has 5 aromatic rings. The van der Waals surface area contributed by atoms with Crippen LogP contribution in [-0.2, 0) is 4.79 Å². The summed E-state index contributed by atoms with van der Waals surface area (Å²) in [6.45, 7) is 3.93. The van der Waals surface area contributed by atoms with E-state index < -0.39 is 0 Å². The van der Waals surface area contributed by atoms with Gasteiger partial charge in [0.05, 0.1) is 22.8 Å². The minimum absolute atomic E-state index is 0.0192. The number of hydrogen-bond acceptors (Lipinski definition) is 7. The lowest BCUT2D eigenvalue weighted by atomic mass is 10.0. The number of anilines is 2. The molecule has 2 aromatic carbocycles. The molecule has 10 nitrogen and oxygen atoms in total. The van der Waals surface area contributed by atoms with Crippen LogP contribution < -0.4 is 10.6 Å². The molecule has 0 bridgehead atoms. The first kappa shape index (κ1) is 29.7. The van der Waals surface area contributed by atoms with Crippen molar-refractivity contribution in [3.63, 3.8) is 0 Å². The highest BCUT2D eigenvalue weighted by Crippen LogP contribution is 2.34. The second-order valence-electron chi connectivity index (χ2n) is 11.6. The van der Waals surface area contributed by atoms with Gasteiger partial charge in [-0.1, -0.05) is 49.4 Å². The fourth-order valence-corrected chi connectivity index (χ4v) is 5.54. The average molecular weight is 601 g/mol. The molecular weight excluding hydrogens is 564 g/mol. The largest absolute Gasteiger partial charge is 0.349 e. The number of pyridine rings is 1. The van der Waals surface area contributed by atoms with Gasteiger partial charge >= 0.3 is 0 Å². The van der Waals surface area contributed by atoms with Crippen molar-refractivity contribution in [2.45, 2.75) is 13.0 Å². The number of rotatable bonds is 9. The van der Waals surface area contributed by atoms with Gasteiger partial charge in [0.2, 0.25) is 11.9 Å². The molecule has 2 unspecified atom stereocenters. The number of aromatic nitrogens is 4. The summed E-state index contributed by atoms with van der Waals surface area (Å²) < 4.78 is 1.87. The zero-order chi connectivity index (χ0) is 31.3. The maximum atomic E-state index is 13.4. The van der Waals surface area contributed by atoms with Crippen LogP contribution in [0.3, 0.4) is 0 Å². The van der Waals surface area contributed by atoms with Gasteiger partial charge in [-0.25, -0.2) is 14.5 Å². The Hall–Kier alpha value is -5.35. The highest BCUT2D eigenvalue weighted by Gasteiger charge is 2.33. The van der Waals surface area contributed by atoms with Crippen molar-refractivity contribution in [1.82, 2.24) is 29.4 Å². The zero-order valence-electron chi connectivity index (χ0n) is 25.6. The number of fused-ring (bicyclic) bond motifs is 1. The second-order valence-corrected chi connectivity index (χ2v) is 11.6. The number of nitrogens with zero attached hydrogens (tertiary/aromatic N) is 6. The predicted molar refractivity (Wildman–Crippen MR) is 177 cm³/mol. The van der Waals surface area contributed by atoms with Crippen molar-refractivity contribution in [2.75, 3.05) is 44.4 Å². The molecule has 10 heteroatoms. The van der Waals surface area contributed by atoms with Crippen molar-refractivity contribution in [3.8, 4) is 22.5 Å². The molecular formula is C35H36N8O2. The zero-order valence-corrected chi connectivity index (χ0v) is 25.6. The van der Waals surface area contributed by atoms with E-state index in [1.807, 2.05) is 89.2 Å². The van der Waals surface area contributed by atoms with E-state index in [0.717, 1.165) is 28.0 Å². The lowest BCUT2D eigenvalue weighted by Crippen LogP contribution is -2.32. The summed E-state index contributed by atoms with van der Waals surface area (Å²) in [5.41, 5.74) is 5.74. The highest BCUT2D eigenvalue weighted by molar-refractivity contribution is 6.00. The third kappa shape index (κ3) is 6.76. The Labute approximate surface area is 262 Å². The van der Waals surface area contributed by atoms with Gasteiger partial charge in [0.1, 0.15) is 5.69 Å². The maximum absolute atomic E-state index is 13.4. The van der Waals surface area contributed by atoms with Crippen LogP contribution in [0, 0.1) is 5.92 Å². The number of hydrogen-bond donors (Lipinski definition) is 2. The number of nitrogens with one attached hydrogen (secondary N) is 2. The molecule has 1 saturated heterocycles. The van der Waals surface area contributed by atoms with Gasteiger partial charge in [-0.2, -0.15) is 5.10 Å². The van der Waals surface area contributed by atoms with Crippen molar-refractivity contribution < 1.29 is 9.59 Å². The first-order valence-corrected chi connectivity index (χ1v) is 15.0. The summed E-state index contributed by atoms with van der Waals surface area (Å²) in [6, 6.07) is 25.0. The molecule has 3 aromatic heterocycles. The van der Waals surface area contributed by atoms with Gasteiger partial charge < -0.3 is 20.4 Å². The van der Waals surface area contributed by atoms with Gasteiger partial charge in [0, 0.05) is 54.9 Å². The Morgan fingerprint density at radius 1 is 0.978 bits per heavy atom. The van der Waals surface area contributed by atoms with E-state index in [4.69, 9.17) is 10.1 Å². The number of benzene rings is 2. The Kier molecular flexibility index (Phi) is 8.65. The Morgan fingerprint density at radius 3 is 2.53 bits per heavy atom. The van der Waals surface area contributed by atoms with Crippen molar-refractivity contribution in [3.05, 3.63) is 109 Å². The van der Waals surface area contributed by atoms with E-state index in [9.17, 15) is 9.59 Å². The van der Waals surface area contributed by atoms with E-state index in [1.165, 1.54) is 6.08 Å². The highest BCUT2D eigenvalue weighted by atomic mass is 16.2. The van der Waals surface area contributed by atoms with E-state index >= 15 is 0 Å². The summed E-state index contributed by atoms with van der Waals surface area (Å²) in [4.78, 5) is 38.8. The molecule has 1 fully saturated rings. The monoisotopic (exact) mass is 600 g/mol. The summed E-state index contributed by atoms with van der Waals surface area (Å²) >= 11 is 0. The van der Waals surface area contributed by atoms with Crippen LogP contribution in [0.15, 0.2) is 103 Å². The quantitative estimate of drug-likeness (QED) is 0.227. The predicted octanol–water partition coefficient (Wildman–Crippen LogP) is 5.09. The third-order valence-electron chi connectivity index (χ3n) is 7.85. The molecule has 1 aliphatic heterocycles. The van der Waals surface area contributed by atoms with Crippen LogP contribution in [0.4, 0.5) is 11.6 Å². The van der Waals surface area contributed by atoms with E-state index in [2.05, 4.69) is 22.5 Å². The van der Waals surface area contributed by atoms with Crippen LogP contribution in [-0.4, -0.2) is 81.0 Å². The third-order valence-corrected chi connectivity index (χ3v) is 7.85. The Morgan fingerprint density at radius 2 is 1.76 bits per heavy atom. The summed E-state index contributed by atoms with van der Waals surface area (Å²) in [6.07, 6.45) is 7.01. The number of carbonyl (C=O) groups is 2. The molecule has 1 aliphatic rings. The molecule has 2 amide bonds. The Bertz CT molecular complexity index is 1830. The van der Waals surface area contributed by atoms with Gasteiger partial charge in [0.25, 0.3) is 5.91 Å². The average Bonchev–Trinajstić information content (AvgIpc) is 3.62. The molecule has 0 spiro atoms. The van der Waals surface area contributed by atoms with E-state index in [1.54, 1.807) is 36.5 Å². The SMILES string of the molecule is CC1CN(C(=O)c2ccc(NC(=O)C=CCN(C)C)cc2)CC1Nc1nccc(-c2c(-c3ccccc3)nn3ccccc23)n1. The van der Waals surface area contributed by atoms with Gasteiger partial charge in [0.15, 0.2) is 0 Å². The molecule has 228 valence electrons. The fraction of sp³-hybridized carbons (Fsp3) is 0.229. The Balaban J connectivity index is 1.14. The normalized spacial score (nSPS) is 16.5. The standard InChI is InChI=1S/C35H36N8O2/c1-24-22-42(34(45)26-14-16-27(17-15-26)37-31(44)13-9-20-41(2)3)23-29(24)39-35-36-19-18-28(38-35)32-30-12-7-8-21-43(30)40-33(32)25-10-5-4-6-11-25/h4-19,21,24,29H,20,22-23H2,1-3H3,(H,37,44)(H,36,38,39). The molecule has 0 aliphatic carbocycles. The van der Waals surface area contributed by atoms with Crippen molar-refractivity contribution in [2.24, 2.45) is 5.92 Å². The van der Waals surface area contributed by atoms with Gasteiger partial charge in [-0.05, 0) is 62.5 Å². The molecule has 45 heavy (non-hydrogen) atoms.